The number of amides is 1. The van der Waals surface area contributed by atoms with Gasteiger partial charge in [-0.25, -0.2) is 8.42 Å². The van der Waals surface area contributed by atoms with Crippen LogP contribution >= 0.6 is 0 Å². The van der Waals surface area contributed by atoms with Crippen LogP contribution in [0.15, 0.2) is 36.4 Å². The molecule has 0 bridgehead atoms. The molecule has 0 spiro atoms. The topological polar surface area (TPSA) is 77.2 Å². The van der Waals surface area contributed by atoms with E-state index in [1.165, 1.54) is 5.56 Å². The minimum absolute atomic E-state index is 0.0160. The Bertz CT molecular complexity index is 915. The Morgan fingerprint density at radius 2 is 1.58 bits per heavy atom. The highest BCUT2D eigenvalue weighted by atomic mass is 32.2. The first-order chi connectivity index (χ1) is 11.9. The summed E-state index contributed by atoms with van der Waals surface area (Å²) in [5.41, 5.74) is 10.2. The third-order valence-electron chi connectivity index (χ3n) is 4.52. The summed E-state index contributed by atoms with van der Waals surface area (Å²) in [6.45, 7) is 10.3. The molecule has 0 fully saturated rings. The Hall–Kier alpha value is -2.14. The molecule has 0 aromatic heterocycles. The van der Waals surface area contributed by atoms with Crippen molar-refractivity contribution in [1.82, 2.24) is 0 Å². The maximum Gasteiger partial charge on any atom is 0.248 e. The predicted molar refractivity (Wildman–Crippen MR) is 106 cm³/mol. The van der Waals surface area contributed by atoms with Crippen LogP contribution in [0.1, 0.15) is 58.9 Å². The Balaban J connectivity index is 2.30. The zero-order valence-electron chi connectivity index (χ0n) is 16.1. The maximum absolute atomic E-state index is 12.7. The molecule has 0 saturated carbocycles. The molecule has 0 aliphatic heterocycles. The second-order valence-corrected chi connectivity index (χ2v) is 10.00. The normalized spacial score (nSPS) is 12.2. The Kier molecular flexibility index (Phi) is 5.61. The number of rotatable bonds is 5. The van der Waals surface area contributed by atoms with E-state index >= 15 is 0 Å². The minimum atomic E-state index is -3.38. The second-order valence-electron chi connectivity index (χ2n) is 7.94. The molecule has 4 nitrogen and oxygen atoms in total. The quantitative estimate of drug-likeness (QED) is 0.865. The van der Waals surface area contributed by atoms with Gasteiger partial charge in [-0.1, -0.05) is 45.0 Å². The van der Waals surface area contributed by atoms with Gasteiger partial charge in [-0.3, -0.25) is 4.79 Å². The molecule has 5 heteroatoms. The molecule has 0 radical (unpaired) electrons. The number of hydrogen-bond acceptors (Lipinski definition) is 3. The van der Waals surface area contributed by atoms with E-state index in [-0.39, 0.29) is 16.9 Å². The van der Waals surface area contributed by atoms with Gasteiger partial charge in [0, 0.05) is 5.56 Å². The molecule has 26 heavy (non-hydrogen) atoms. The lowest BCUT2D eigenvalue weighted by molar-refractivity contribution is 0.1000. The predicted octanol–water partition coefficient (Wildman–Crippen LogP) is 3.81. The van der Waals surface area contributed by atoms with E-state index in [1.807, 2.05) is 13.8 Å². The molecule has 0 saturated heterocycles. The SMILES string of the molecule is Cc1cc(C(C)(C)C)cc(C)c1CS(=O)(=O)Cc1cccc(C(N)=O)c1. The number of carbonyl (C=O) groups excluding carboxylic acids is 1. The van der Waals surface area contributed by atoms with Crippen molar-refractivity contribution in [2.24, 2.45) is 5.73 Å². The average Bonchev–Trinajstić information content (AvgIpc) is 2.49. The van der Waals surface area contributed by atoms with Crippen molar-refractivity contribution in [2.75, 3.05) is 0 Å². The monoisotopic (exact) mass is 373 g/mol. The summed E-state index contributed by atoms with van der Waals surface area (Å²) in [6, 6.07) is 10.6. The molecule has 0 heterocycles. The molecule has 0 unspecified atom stereocenters. The maximum atomic E-state index is 12.7. The van der Waals surface area contributed by atoms with Crippen LogP contribution in [0, 0.1) is 13.8 Å². The van der Waals surface area contributed by atoms with Gasteiger partial charge in [0.15, 0.2) is 9.84 Å². The van der Waals surface area contributed by atoms with Crippen molar-refractivity contribution in [3.8, 4) is 0 Å². The zero-order valence-corrected chi connectivity index (χ0v) is 16.9. The molecule has 0 aliphatic rings. The molecular formula is C21H27NO3S. The molecule has 140 valence electrons. The molecular weight excluding hydrogens is 346 g/mol. The van der Waals surface area contributed by atoms with E-state index in [2.05, 4.69) is 32.9 Å². The third kappa shape index (κ3) is 4.94. The van der Waals surface area contributed by atoms with Gasteiger partial charge >= 0.3 is 0 Å². The Morgan fingerprint density at radius 3 is 2.08 bits per heavy atom. The van der Waals surface area contributed by atoms with Crippen molar-refractivity contribution in [3.05, 3.63) is 69.8 Å². The average molecular weight is 374 g/mol. The fraction of sp³-hybridized carbons (Fsp3) is 0.381. The molecule has 2 aromatic carbocycles. The smallest absolute Gasteiger partial charge is 0.248 e. The first-order valence-corrected chi connectivity index (χ1v) is 10.4. The first-order valence-electron chi connectivity index (χ1n) is 8.59. The lowest BCUT2D eigenvalue weighted by Gasteiger charge is -2.22. The van der Waals surface area contributed by atoms with Crippen LogP contribution in [-0.4, -0.2) is 14.3 Å². The fourth-order valence-corrected chi connectivity index (χ4v) is 4.68. The summed E-state index contributed by atoms with van der Waals surface area (Å²) >= 11 is 0. The second kappa shape index (κ2) is 7.23. The molecule has 2 rings (SSSR count). The Morgan fingerprint density at radius 1 is 1.00 bits per heavy atom. The third-order valence-corrected chi connectivity index (χ3v) is 6.03. The van der Waals surface area contributed by atoms with Gasteiger partial charge in [-0.15, -0.1) is 0 Å². The Labute approximate surface area is 156 Å². The van der Waals surface area contributed by atoms with Crippen LogP contribution in [0.4, 0.5) is 0 Å². The van der Waals surface area contributed by atoms with E-state index in [1.54, 1.807) is 24.3 Å². The van der Waals surface area contributed by atoms with Gasteiger partial charge in [0.2, 0.25) is 5.91 Å². The zero-order chi connectivity index (χ0) is 19.7. The van der Waals surface area contributed by atoms with Crippen molar-refractivity contribution >= 4 is 15.7 Å². The molecule has 2 N–H and O–H groups in total. The van der Waals surface area contributed by atoms with Gasteiger partial charge < -0.3 is 5.73 Å². The van der Waals surface area contributed by atoms with Crippen LogP contribution in [0.2, 0.25) is 0 Å². The standard InChI is InChI=1S/C21H27NO3S/c1-14-9-18(21(3,4)5)10-15(2)19(14)13-26(24,25)12-16-7-6-8-17(11-16)20(22)23/h6-11H,12-13H2,1-5H3,(H2,22,23). The summed E-state index contributed by atoms with van der Waals surface area (Å²) in [5.74, 6) is -0.696. The largest absolute Gasteiger partial charge is 0.366 e. The van der Waals surface area contributed by atoms with E-state index in [0.717, 1.165) is 16.7 Å². The summed E-state index contributed by atoms with van der Waals surface area (Å²) < 4.78 is 25.4. The lowest BCUT2D eigenvalue weighted by atomic mass is 9.84. The minimum Gasteiger partial charge on any atom is -0.366 e. The lowest BCUT2D eigenvalue weighted by Crippen LogP contribution is -2.15. The van der Waals surface area contributed by atoms with E-state index in [0.29, 0.717) is 11.1 Å². The number of hydrogen-bond donors (Lipinski definition) is 1. The van der Waals surface area contributed by atoms with Crippen molar-refractivity contribution in [2.45, 2.75) is 51.5 Å². The molecule has 2 aromatic rings. The molecule has 0 aliphatic carbocycles. The van der Waals surface area contributed by atoms with E-state index < -0.39 is 15.7 Å². The van der Waals surface area contributed by atoms with Crippen LogP contribution < -0.4 is 5.73 Å². The highest BCUT2D eigenvalue weighted by molar-refractivity contribution is 7.89. The van der Waals surface area contributed by atoms with Gasteiger partial charge in [0.05, 0.1) is 11.5 Å². The molecule has 0 atom stereocenters. The van der Waals surface area contributed by atoms with Gasteiger partial charge in [0.25, 0.3) is 0 Å². The highest BCUT2D eigenvalue weighted by Gasteiger charge is 2.20. The first kappa shape index (κ1) is 20.2. The van der Waals surface area contributed by atoms with Crippen LogP contribution in [0.5, 0.6) is 0 Å². The van der Waals surface area contributed by atoms with Crippen LogP contribution in [0.25, 0.3) is 0 Å². The number of sulfone groups is 1. The van der Waals surface area contributed by atoms with Gasteiger partial charge in [-0.2, -0.15) is 0 Å². The summed E-state index contributed by atoms with van der Waals surface area (Å²) in [5, 5.41) is 0. The van der Waals surface area contributed by atoms with Gasteiger partial charge in [0.1, 0.15) is 0 Å². The fourth-order valence-electron chi connectivity index (χ4n) is 2.99. The number of benzene rings is 2. The van der Waals surface area contributed by atoms with Crippen molar-refractivity contribution in [3.63, 3.8) is 0 Å². The summed E-state index contributed by atoms with van der Waals surface area (Å²) in [7, 11) is -3.38. The molecule has 1 amide bonds. The summed E-state index contributed by atoms with van der Waals surface area (Å²) in [6.07, 6.45) is 0. The van der Waals surface area contributed by atoms with Crippen LogP contribution in [0.3, 0.4) is 0 Å². The van der Waals surface area contributed by atoms with Crippen molar-refractivity contribution < 1.29 is 13.2 Å². The number of primary amides is 1. The number of carbonyl (C=O) groups is 1. The van der Waals surface area contributed by atoms with Crippen LogP contribution in [-0.2, 0) is 26.8 Å². The van der Waals surface area contributed by atoms with Crippen molar-refractivity contribution in [1.29, 1.82) is 0 Å². The highest BCUT2D eigenvalue weighted by Crippen LogP contribution is 2.28. The summed E-state index contributed by atoms with van der Waals surface area (Å²) in [4.78, 5) is 11.3. The number of aryl methyl sites for hydroxylation is 2. The van der Waals surface area contributed by atoms with E-state index in [9.17, 15) is 13.2 Å². The van der Waals surface area contributed by atoms with E-state index in [4.69, 9.17) is 5.73 Å². The number of nitrogens with two attached hydrogens (primary N) is 1. The van der Waals surface area contributed by atoms with Gasteiger partial charge in [-0.05, 0) is 59.2 Å².